The van der Waals surface area contributed by atoms with Gasteiger partial charge in [0.2, 0.25) is 0 Å². The summed E-state index contributed by atoms with van der Waals surface area (Å²) < 4.78 is 0. The second kappa shape index (κ2) is 12.6. The molecule has 2 aliphatic rings. The molecule has 6 heteroatoms. The van der Waals surface area contributed by atoms with E-state index in [0.29, 0.717) is 6.04 Å². The zero-order chi connectivity index (χ0) is 19.8. The number of halogens is 1. The molecule has 164 valence electrons. The fourth-order valence-electron chi connectivity index (χ4n) is 4.33. The predicted octanol–water partition coefficient (Wildman–Crippen LogP) is 3.87. The lowest BCUT2D eigenvalue weighted by Gasteiger charge is -2.30. The van der Waals surface area contributed by atoms with Crippen LogP contribution in [0.15, 0.2) is 29.3 Å². The summed E-state index contributed by atoms with van der Waals surface area (Å²) in [6, 6.07) is 9.34. The van der Waals surface area contributed by atoms with E-state index in [1.54, 1.807) is 0 Å². The number of likely N-dealkylation sites (tertiary alicyclic amines) is 1. The normalized spacial score (nSPS) is 21.1. The van der Waals surface area contributed by atoms with Crippen LogP contribution in [0.2, 0.25) is 0 Å². The molecule has 2 fully saturated rings. The van der Waals surface area contributed by atoms with Crippen molar-refractivity contribution in [2.75, 3.05) is 50.7 Å². The number of hydrogen-bond donors (Lipinski definition) is 2. The Morgan fingerprint density at radius 2 is 1.79 bits per heavy atom. The van der Waals surface area contributed by atoms with Gasteiger partial charge in [0, 0.05) is 37.9 Å². The van der Waals surface area contributed by atoms with Crippen LogP contribution >= 0.6 is 24.0 Å². The van der Waals surface area contributed by atoms with E-state index in [2.05, 4.69) is 65.5 Å². The van der Waals surface area contributed by atoms with Crippen molar-refractivity contribution in [3.63, 3.8) is 0 Å². The third-order valence-electron chi connectivity index (χ3n) is 6.23. The minimum Gasteiger partial charge on any atom is -0.369 e. The molecule has 2 aliphatic heterocycles. The molecule has 1 aromatic rings. The molecule has 0 radical (unpaired) electrons. The third kappa shape index (κ3) is 7.63. The van der Waals surface area contributed by atoms with Gasteiger partial charge in [-0.1, -0.05) is 24.6 Å². The average Bonchev–Trinajstić information content (AvgIpc) is 3.17. The van der Waals surface area contributed by atoms with Gasteiger partial charge >= 0.3 is 0 Å². The fraction of sp³-hybridized carbons (Fsp3) is 0.696. The summed E-state index contributed by atoms with van der Waals surface area (Å²) >= 11 is 0. The van der Waals surface area contributed by atoms with Gasteiger partial charge in [0.25, 0.3) is 0 Å². The van der Waals surface area contributed by atoms with Crippen LogP contribution in [0.25, 0.3) is 0 Å². The van der Waals surface area contributed by atoms with Crippen molar-refractivity contribution in [3.8, 4) is 0 Å². The molecule has 0 saturated carbocycles. The van der Waals surface area contributed by atoms with E-state index < -0.39 is 0 Å². The Balaban J connectivity index is 0.00000300. The van der Waals surface area contributed by atoms with Gasteiger partial charge in [0.1, 0.15) is 0 Å². The molecule has 1 unspecified atom stereocenters. The van der Waals surface area contributed by atoms with Crippen LogP contribution in [-0.4, -0.2) is 62.7 Å². The van der Waals surface area contributed by atoms with Crippen LogP contribution in [0.1, 0.15) is 45.1 Å². The van der Waals surface area contributed by atoms with E-state index in [-0.39, 0.29) is 24.0 Å². The van der Waals surface area contributed by atoms with Crippen LogP contribution in [0, 0.1) is 12.8 Å². The smallest absolute Gasteiger partial charge is 0.191 e. The van der Waals surface area contributed by atoms with Crippen LogP contribution in [-0.2, 0) is 0 Å². The second-order valence-electron chi connectivity index (χ2n) is 8.34. The van der Waals surface area contributed by atoms with E-state index in [0.717, 1.165) is 44.5 Å². The lowest BCUT2D eigenvalue weighted by atomic mass is 9.94. The summed E-state index contributed by atoms with van der Waals surface area (Å²) in [5.41, 5.74) is 2.65. The maximum absolute atomic E-state index is 4.88. The van der Waals surface area contributed by atoms with Gasteiger partial charge in [-0.05, 0) is 77.2 Å². The molecule has 2 saturated heterocycles. The number of rotatable bonds is 7. The first-order valence-corrected chi connectivity index (χ1v) is 11.3. The minimum absolute atomic E-state index is 0. The highest BCUT2D eigenvalue weighted by atomic mass is 127. The van der Waals surface area contributed by atoms with Crippen LogP contribution in [0.4, 0.5) is 5.69 Å². The highest BCUT2D eigenvalue weighted by Crippen LogP contribution is 2.21. The van der Waals surface area contributed by atoms with Crippen LogP contribution < -0.4 is 15.5 Å². The Labute approximate surface area is 194 Å². The van der Waals surface area contributed by atoms with E-state index in [1.165, 1.54) is 50.1 Å². The van der Waals surface area contributed by atoms with Crippen LogP contribution in [0.5, 0.6) is 0 Å². The quantitative estimate of drug-likeness (QED) is 0.330. The Morgan fingerprint density at radius 1 is 1.07 bits per heavy atom. The molecule has 29 heavy (non-hydrogen) atoms. The van der Waals surface area contributed by atoms with E-state index >= 15 is 0 Å². The number of aliphatic imine (C=N–C) groups is 1. The fourth-order valence-corrected chi connectivity index (χ4v) is 4.33. The Kier molecular flexibility index (Phi) is 10.6. The topological polar surface area (TPSA) is 42.9 Å². The van der Waals surface area contributed by atoms with Gasteiger partial charge in [0.15, 0.2) is 5.96 Å². The monoisotopic (exact) mass is 513 g/mol. The summed E-state index contributed by atoms with van der Waals surface area (Å²) in [5, 5.41) is 7.11. The van der Waals surface area contributed by atoms with Crippen LogP contribution in [0.3, 0.4) is 0 Å². The lowest BCUT2D eigenvalue weighted by Crippen LogP contribution is -2.44. The maximum Gasteiger partial charge on any atom is 0.191 e. The Morgan fingerprint density at radius 3 is 2.45 bits per heavy atom. The standard InChI is InChI=1S/C23H39N5.HI/c1-4-24-23(25-14-10-20-11-15-27(5-2)16-12-20)26-21-13-17-28(18-21)22-8-6-19(3)7-9-22;/h6-9,20-21H,4-5,10-18H2,1-3H3,(H2,24,25,26);1H. The van der Waals surface area contributed by atoms with Crippen molar-refractivity contribution in [1.29, 1.82) is 0 Å². The van der Waals surface area contributed by atoms with E-state index in [1.807, 2.05) is 0 Å². The summed E-state index contributed by atoms with van der Waals surface area (Å²) in [4.78, 5) is 9.92. The lowest BCUT2D eigenvalue weighted by molar-refractivity contribution is 0.188. The summed E-state index contributed by atoms with van der Waals surface area (Å²) in [6.07, 6.45) is 5.05. The molecule has 0 spiro atoms. The number of nitrogens with one attached hydrogen (secondary N) is 2. The zero-order valence-electron chi connectivity index (χ0n) is 18.5. The maximum atomic E-state index is 4.88. The van der Waals surface area contributed by atoms with Gasteiger partial charge in [-0.2, -0.15) is 0 Å². The Bertz CT molecular complexity index is 610. The van der Waals surface area contributed by atoms with Gasteiger partial charge in [-0.25, -0.2) is 0 Å². The molecule has 2 heterocycles. The first-order valence-electron chi connectivity index (χ1n) is 11.3. The van der Waals surface area contributed by atoms with Crippen molar-refractivity contribution < 1.29 is 0 Å². The average molecular weight is 514 g/mol. The number of anilines is 1. The van der Waals surface area contributed by atoms with Gasteiger partial charge in [0.05, 0.1) is 0 Å². The Hall–Kier alpha value is -1.02. The zero-order valence-corrected chi connectivity index (χ0v) is 20.8. The largest absolute Gasteiger partial charge is 0.369 e. The summed E-state index contributed by atoms with van der Waals surface area (Å²) in [6.45, 7) is 14.3. The highest BCUT2D eigenvalue weighted by molar-refractivity contribution is 14.0. The molecular formula is C23H40IN5. The van der Waals surface area contributed by atoms with Crippen molar-refractivity contribution >= 4 is 35.6 Å². The number of benzene rings is 1. The third-order valence-corrected chi connectivity index (χ3v) is 6.23. The molecule has 3 rings (SSSR count). The highest BCUT2D eigenvalue weighted by Gasteiger charge is 2.23. The molecule has 5 nitrogen and oxygen atoms in total. The van der Waals surface area contributed by atoms with Crippen molar-refractivity contribution in [2.45, 2.75) is 52.5 Å². The van der Waals surface area contributed by atoms with Gasteiger partial charge < -0.3 is 20.4 Å². The number of aryl methyl sites for hydroxylation is 1. The number of guanidine groups is 1. The predicted molar refractivity (Wildman–Crippen MR) is 136 cm³/mol. The molecule has 0 aliphatic carbocycles. The number of hydrogen-bond acceptors (Lipinski definition) is 3. The first-order chi connectivity index (χ1) is 13.7. The molecule has 0 amide bonds. The van der Waals surface area contributed by atoms with Crippen molar-refractivity contribution in [2.24, 2.45) is 10.9 Å². The molecular weight excluding hydrogens is 473 g/mol. The summed E-state index contributed by atoms with van der Waals surface area (Å²) in [7, 11) is 0. The molecule has 1 atom stereocenters. The molecule has 0 aromatic heterocycles. The molecule has 0 bridgehead atoms. The van der Waals surface area contributed by atoms with Crippen molar-refractivity contribution in [1.82, 2.24) is 15.5 Å². The first kappa shape index (κ1) is 24.3. The molecule has 2 N–H and O–H groups in total. The van der Waals surface area contributed by atoms with E-state index in [9.17, 15) is 0 Å². The number of piperidine rings is 1. The molecule has 1 aromatic carbocycles. The SMILES string of the molecule is CCNC(=NCCC1CCN(CC)CC1)NC1CCN(c2ccc(C)cc2)C1.I. The van der Waals surface area contributed by atoms with Crippen molar-refractivity contribution in [3.05, 3.63) is 29.8 Å². The second-order valence-corrected chi connectivity index (χ2v) is 8.34. The number of nitrogens with zero attached hydrogens (tertiary/aromatic N) is 3. The van der Waals surface area contributed by atoms with Gasteiger partial charge in [-0.3, -0.25) is 4.99 Å². The summed E-state index contributed by atoms with van der Waals surface area (Å²) in [5.74, 6) is 1.84. The van der Waals surface area contributed by atoms with E-state index in [4.69, 9.17) is 4.99 Å². The minimum atomic E-state index is 0. The van der Waals surface area contributed by atoms with Gasteiger partial charge in [-0.15, -0.1) is 24.0 Å².